The number of nitrogens with zero attached hydrogens (tertiary/aromatic N) is 3. The van der Waals surface area contributed by atoms with E-state index < -0.39 is 0 Å². The molecule has 3 aromatic rings. The Morgan fingerprint density at radius 1 is 0.850 bits per heavy atom. The fourth-order valence-corrected chi connectivity index (χ4v) is 2.14. The Morgan fingerprint density at radius 3 is 2.40 bits per heavy atom. The van der Waals surface area contributed by atoms with E-state index in [1.165, 1.54) is 0 Å². The van der Waals surface area contributed by atoms with E-state index in [0.29, 0.717) is 0 Å². The molecule has 0 saturated heterocycles. The van der Waals surface area contributed by atoms with Gasteiger partial charge in [-0.3, -0.25) is 0 Å². The van der Waals surface area contributed by atoms with Crippen LogP contribution in [0.1, 0.15) is 0 Å². The van der Waals surface area contributed by atoms with E-state index in [2.05, 4.69) is 15.4 Å². The zero-order valence-electron chi connectivity index (χ0n) is 11.0. The predicted molar refractivity (Wildman–Crippen MR) is 77.3 cm³/mol. The Balaban J connectivity index is 2.20. The van der Waals surface area contributed by atoms with Crippen LogP contribution in [-0.4, -0.2) is 22.5 Å². The minimum Gasteiger partial charge on any atom is -0.496 e. The smallest absolute Gasteiger partial charge is 0.128 e. The van der Waals surface area contributed by atoms with Gasteiger partial charge in [0.1, 0.15) is 11.4 Å². The summed E-state index contributed by atoms with van der Waals surface area (Å²) in [5.41, 5.74) is 3.66. The summed E-state index contributed by atoms with van der Waals surface area (Å²) >= 11 is 0. The summed E-state index contributed by atoms with van der Waals surface area (Å²) in [5.74, 6) is 0.769. The summed E-state index contributed by atoms with van der Waals surface area (Å²) in [6.45, 7) is 0. The van der Waals surface area contributed by atoms with Crippen LogP contribution in [-0.2, 0) is 0 Å². The van der Waals surface area contributed by atoms with Crippen molar-refractivity contribution >= 4 is 0 Å². The summed E-state index contributed by atoms with van der Waals surface area (Å²) in [6.07, 6.45) is 1.73. The molecule has 20 heavy (non-hydrogen) atoms. The van der Waals surface area contributed by atoms with Crippen molar-refractivity contribution in [3.63, 3.8) is 0 Å². The number of aromatic nitrogens is 3. The van der Waals surface area contributed by atoms with Crippen LogP contribution in [0.2, 0.25) is 0 Å². The lowest BCUT2D eigenvalue weighted by molar-refractivity contribution is 0.416. The second-order valence-corrected chi connectivity index (χ2v) is 4.26. The van der Waals surface area contributed by atoms with Crippen LogP contribution in [0.4, 0.5) is 0 Å². The molecule has 1 aromatic heterocycles. The van der Waals surface area contributed by atoms with Gasteiger partial charge in [0.2, 0.25) is 0 Å². The normalized spacial score (nSPS) is 10.2. The van der Waals surface area contributed by atoms with Gasteiger partial charge in [-0.2, -0.15) is 0 Å². The van der Waals surface area contributed by atoms with E-state index >= 15 is 0 Å². The van der Waals surface area contributed by atoms with Crippen LogP contribution in [0.25, 0.3) is 22.4 Å². The highest BCUT2D eigenvalue weighted by Crippen LogP contribution is 2.34. The van der Waals surface area contributed by atoms with E-state index in [4.69, 9.17) is 4.74 Å². The quantitative estimate of drug-likeness (QED) is 0.728. The van der Waals surface area contributed by atoms with E-state index in [0.717, 1.165) is 28.1 Å². The minimum absolute atomic E-state index is 0.767. The van der Waals surface area contributed by atoms with Crippen LogP contribution >= 0.6 is 0 Å². The molecule has 0 aliphatic heterocycles. The first-order valence-electron chi connectivity index (χ1n) is 6.27. The van der Waals surface area contributed by atoms with E-state index in [-0.39, 0.29) is 0 Å². The lowest BCUT2D eigenvalue weighted by atomic mass is 10.0. The monoisotopic (exact) mass is 263 g/mol. The van der Waals surface area contributed by atoms with Crippen molar-refractivity contribution in [3.05, 3.63) is 60.8 Å². The number of rotatable bonds is 3. The molecule has 0 fully saturated rings. The molecule has 0 N–H and O–H groups in total. The summed E-state index contributed by atoms with van der Waals surface area (Å²) in [5, 5.41) is 11.9. The van der Waals surface area contributed by atoms with Crippen LogP contribution in [0.3, 0.4) is 0 Å². The maximum atomic E-state index is 5.40. The maximum Gasteiger partial charge on any atom is 0.128 e. The Kier molecular flexibility index (Phi) is 3.37. The van der Waals surface area contributed by atoms with Gasteiger partial charge >= 0.3 is 0 Å². The third kappa shape index (κ3) is 2.23. The predicted octanol–water partition coefficient (Wildman–Crippen LogP) is 3.21. The molecular formula is C16H13N3O. The highest BCUT2D eigenvalue weighted by molar-refractivity contribution is 5.82. The molecule has 98 valence electrons. The SMILES string of the molecule is COc1ccccc1-c1nnncc1-c1ccccc1. The molecular weight excluding hydrogens is 250 g/mol. The Hall–Kier alpha value is -2.75. The number of methoxy groups -OCH3 is 1. The maximum absolute atomic E-state index is 5.40. The van der Waals surface area contributed by atoms with Gasteiger partial charge in [-0.25, -0.2) is 0 Å². The number of hydrogen-bond acceptors (Lipinski definition) is 4. The van der Waals surface area contributed by atoms with Crippen LogP contribution in [0, 0.1) is 0 Å². The first-order valence-corrected chi connectivity index (χ1v) is 6.27. The van der Waals surface area contributed by atoms with Crippen molar-refractivity contribution < 1.29 is 4.74 Å². The fraction of sp³-hybridized carbons (Fsp3) is 0.0625. The van der Waals surface area contributed by atoms with Gasteiger partial charge in [-0.15, -0.1) is 10.2 Å². The van der Waals surface area contributed by atoms with Gasteiger partial charge in [-0.1, -0.05) is 42.5 Å². The Bertz CT molecular complexity index is 714. The first kappa shape index (κ1) is 12.3. The van der Waals surface area contributed by atoms with Gasteiger partial charge in [-0.05, 0) is 22.9 Å². The van der Waals surface area contributed by atoms with Crippen molar-refractivity contribution in [2.75, 3.05) is 7.11 Å². The summed E-state index contributed by atoms with van der Waals surface area (Å²) in [6, 6.07) is 17.8. The average molecular weight is 263 g/mol. The molecule has 0 bridgehead atoms. The average Bonchev–Trinajstić information content (AvgIpc) is 2.55. The molecule has 0 aliphatic rings. The van der Waals surface area contributed by atoms with Gasteiger partial charge in [0.25, 0.3) is 0 Å². The van der Waals surface area contributed by atoms with Gasteiger partial charge in [0, 0.05) is 11.1 Å². The Labute approximate surface area is 117 Å². The molecule has 0 amide bonds. The molecule has 2 aromatic carbocycles. The van der Waals surface area contributed by atoms with E-state index in [9.17, 15) is 0 Å². The Morgan fingerprint density at radius 2 is 1.60 bits per heavy atom. The molecule has 1 heterocycles. The molecule has 0 aliphatic carbocycles. The first-order chi connectivity index (χ1) is 9.90. The van der Waals surface area contributed by atoms with Crippen LogP contribution in [0.5, 0.6) is 5.75 Å². The molecule has 0 unspecified atom stereocenters. The second-order valence-electron chi connectivity index (χ2n) is 4.26. The minimum atomic E-state index is 0.767. The molecule has 3 rings (SSSR count). The number of benzene rings is 2. The highest BCUT2D eigenvalue weighted by atomic mass is 16.5. The molecule has 0 saturated carbocycles. The third-order valence-corrected chi connectivity index (χ3v) is 3.09. The molecule has 0 spiro atoms. The standard InChI is InChI=1S/C16H13N3O/c1-20-15-10-6-5-9-13(15)16-14(11-17-19-18-16)12-7-3-2-4-8-12/h2-11H,1H3. The van der Waals surface area contributed by atoms with Crippen LogP contribution in [0.15, 0.2) is 60.8 Å². The van der Waals surface area contributed by atoms with Gasteiger partial charge in [0.05, 0.1) is 13.3 Å². The molecule has 4 nitrogen and oxygen atoms in total. The van der Waals surface area contributed by atoms with Crippen LogP contribution < -0.4 is 4.74 Å². The van der Waals surface area contributed by atoms with Crippen molar-refractivity contribution in [3.8, 4) is 28.1 Å². The zero-order valence-corrected chi connectivity index (χ0v) is 11.0. The number of hydrogen-bond donors (Lipinski definition) is 0. The highest BCUT2D eigenvalue weighted by Gasteiger charge is 2.13. The van der Waals surface area contributed by atoms with Crippen molar-refractivity contribution in [2.24, 2.45) is 0 Å². The van der Waals surface area contributed by atoms with Crippen molar-refractivity contribution in [2.45, 2.75) is 0 Å². The van der Waals surface area contributed by atoms with Gasteiger partial charge < -0.3 is 4.74 Å². The second kappa shape index (κ2) is 5.48. The van der Waals surface area contributed by atoms with E-state index in [1.807, 2.05) is 54.6 Å². The largest absolute Gasteiger partial charge is 0.496 e. The summed E-state index contributed by atoms with van der Waals surface area (Å²) < 4.78 is 5.40. The third-order valence-electron chi connectivity index (χ3n) is 3.09. The summed E-state index contributed by atoms with van der Waals surface area (Å²) in [7, 11) is 1.65. The molecule has 0 radical (unpaired) electrons. The fourth-order valence-electron chi connectivity index (χ4n) is 2.14. The number of para-hydroxylation sites is 1. The molecule has 4 heteroatoms. The number of ether oxygens (including phenoxy) is 1. The van der Waals surface area contributed by atoms with Gasteiger partial charge in [0.15, 0.2) is 0 Å². The summed E-state index contributed by atoms with van der Waals surface area (Å²) in [4.78, 5) is 0. The van der Waals surface area contributed by atoms with Crippen molar-refractivity contribution in [1.82, 2.24) is 15.4 Å². The van der Waals surface area contributed by atoms with Crippen molar-refractivity contribution in [1.29, 1.82) is 0 Å². The zero-order chi connectivity index (χ0) is 13.8. The topological polar surface area (TPSA) is 47.9 Å². The lowest BCUT2D eigenvalue weighted by Gasteiger charge is -2.10. The van der Waals surface area contributed by atoms with E-state index in [1.54, 1.807) is 13.3 Å². The molecule has 0 atom stereocenters. The lowest BCUT2D eigenvalue weighted by Crippen LogP contribution is -1.96.